The van der Waals surface area contributed by atoms with E-state index < -0.39 is 0 Å². The number of aromatic nitrogens is 3. The Labute approximate surface area is 145 Å². The predicted octanol–water partition coefficient (Wildman–Crippen LogP) is 3.47. The molecule has 0 saturated carbocycles. The normalized spacial score (nSPS) is 10.9. The van der Waals surface area contributed by atoms with Gasteiger partial charge in [-0.05, 0) is 42.8 Å². The van der Waals surface area contributed by atoms with E-state index in [9.17, 15) is 4.79 Å². The molecule has 1 aromatic carbocycles. The van der Waals surface area contributed by atoms with Crippen molar-refractivity contribution in [2.24, 2.45) is 0 Å². The van der Waals surface area contributed by atoms with Crippen LogP contribution >= 0.6 is 11.6 Å². The molecule has 0 aliphatic carbocycles. The average molecular weight is 343 g/mol. The van der Waals surface area contributed by atoms with Gasteiger partial charge in [0.2, 0.25) is 0 Å². The SMILES string of the molecule is CCCn1c(CCNC(=O)c2ccc(Cl)cc2)nc2cccnc21. The Bertz CT molecular complexity index is 842. The van der Waals surface area contributed by atoms with E-state index in [4.69, 9.17) is 11.6 Å². The molecule has 0 bridgehead atoms. The zero-order valence-corrected chi connectivity index (χ0v) is 14.3. The van der Waals surface area contributed by atoms with Crippen LogP contribution in [-0.4, -0.2) is 27.0 Å². The Morgan fingerprint density at radius 1 is 1.25 bits per heavy atom. The third-order valence-electron chi connectivity index (χ3n) is 3.77. The molecule has 1 N–H and O–H groups in total. The highest BCUT2D eigenvalue weighted by atomic mass is 35.5. The molecule has 3 aromatic rings. The lowest BCUT2D eigenvalue weighted by molar-refractivity contribution is 0.0954. The molecular formula is C18H19ClN4O. The third-order valence-corrected chi connectivity index (χ3v) is 4.02. The van der Waals surface area contributed by atoms with Gasteiger partial charge in [0.1, 0.15) is 11.3 Å². The molecule has 2 aromatic heterocycles. The number of amides is 1. The van der Waals surface area contributed by atoms with Crippen molar-refractivity contribution in [3.05, 3.63) is 59.0 Å². The van der Waals surface area contributed by atoms with E-state index in [0.29, 0.717) is 23.6 Å². The van der Waals surface area contributed by atoms with E-state index in [1.165, 1.54) is 0 Å². The molecule has 3 rings (SSSR count). The number of carbonyl (C=O) groups excluding carboxylic acids is 1. The number of fused-ring (bicyclic) bond motifs is 1. The minimum Gasteiger partial charge on any atom is -0.352 e. The summed E-state index contributed by atoms with van der Waals surface area (Å²) in [6.45, 7) is 3.52. The molecular weight excluding hydrogens is 324 g/mol. The Morgan fingerprint density at radius 3 is 2.79 bits per heavy atom. The van der Waals surface area contributed by atoms with Crippen LogP contribution in [0.5, 0.6) is 0 Å². The molecule has 2 heterocycles. The lowest BCUT2D eigenvalue weighted by Gasteiger charge is -2.08. The second kappa shape index (κ2) is 7.45. The van der Waals surface area contributed by atoms with Gasteiger partial charge in [-0.1, -0.05) is 18.5 Å². The van der Waals surface area contributed by atoms with Gasteiger partial charge in [-0.25, -0.2) is 9.97 Å². The summed E-state index contributed by atoms with van der Waals surface area (Å²) in [5, 5.41) is 3.54. The van der Waals surface area contributed by atoms with Crippen molar-refractivity contribution in [2.45, 2.75) is 26.3 Å². The number of nitrogens with zero attached hydrogens (tertiary/aromatic N) is 3. The van der Waals surface area contributed by atoms with Crippen LogP contribution in [0.15, 0.2) is 42.6 Å². The van der Waals surface area contributed by atoms with Crippen molar-refractivity contribution < 1.29 is 4.79 Å². The smallest absolute Gasteiger partial charge is 0.251 e. The molecule has 0 aliphatic rings. The molecule has 124 valence electrons. The van der Waals surface area contributed by atoms with E-state index >= 15 is 0 Å². The van der Waals surface area contributed by atoms with E-state index in [0.717, 1.165) is 30.0 Å². The number of hydrogen-bond acceptors (Lipinski definition) is 3. The van der Waals surface area contributed by atoms with Crippen LogP contribution in [0.25, 0.3) is 11.2 Å². The minimum atomic E-state index is -0.108. The standard InChI is InChI=1S/C18H19ClN4O/c1-2-12-23-16(22-15-4-3-10-20-17(15)23)9-11-21-18(24)13-5-7-14(19)8-6-13/h3-8,10H,2,9,11-12H2,1H3,(H,21,24). The number of imidazole rings is 1. The van der Waals surface area contributed by atoms with Crippen LogP contribution in [0.4, 0.5) is 0 Å². The highest BCUT2D eigenvalue weighted by Crippen LogP contribution is 2.14. The third kappa shape index (κ3) is 3.57. The number of carbonyl (C=O) groups is 1. The van der Waals surface area contributed by atoms with Crippen molar-refractivity contribution in [3.8, 4) is 0 Å². The molecule has 0 unspecified atom stereocenters. The molecule has 24 heavy (non-hydrogen) atoms. The Morgan fingerprint density at radius 2 is 2.04 bits per heavy atom. The first kappa shape index (κ1) is 16.5. The number of hydrogen-bond donors (Lipinski definition) is 1. The Kier molecular flexibility index (Phi) is 5.11. The first-order valence-corrected chi connectivity index (χ1v) is 8.40. The number of aryl methyl sites for hydroxylation is 1. The van der Waals surface area contributed by atoms with Gasteiger partial charge < -0.3 is 9.88 Å². The maximum absolute atomic E-state index is 12.1. The van der Waals surface area contributed by atoms with Crippen molar-refractivity contribution >= 4 is 28.7 Å². The fraction of sp³-hybridized carbons (Fsp3) is 0.278. The molecule has 1 amide bonds. The van der Waals surface area contributed by atoms with E-state index in [1.54, 1.807) is 30.5 Å². The number of benzene rings is 1. The first-order chi connectivity index (χ1) is 11.7. The van der Waals surface area contributed by atoms with Gasteiger partial charge in [0.15, 0.2) is 5.65 Å². The minimum absolute atomic E-state index is 0.108. The molecule has 0 aliphatic heterocycles. The quantitative estimate of drug-likeness (QED) is 0.746. The van der Waals surface area contributed by atoms with Crippen molar-refractivity contribution in [1.82, 2.24) is 19.9 Å². The molecule has 0 atom stereocenters. The van der Waals surface area contributed by atoms with Crippen molar-refractivity contribution in [3.63, 3.8) is 0 Å². The predicted molar refractivity (Wildman–Crippen MR) is 95.3 cm³/mol. The average Bonchev–Trinajstić information content (AvgIpc) is 2.94. The summed E-state index contributed by atoms with van der Waals surface area (Å²) < 4.78 is 2.13. The highest BCUT2D eigenvalue weighted by Gasteiger charge is 2.11. The summed E-state index contributed by atoms with van der Waals surface area (Å²) >= 11 is 5.84. The zero-order valence-electron chi connectivity index (χ0n) is 13.5. The summed E-state index contributed by atoms with van der Waals surface area (Å²) in [6.07, 6.45) is 3.45. The topological polar surface area (TPSA) is 59.8 Å². The van der Waals surface area contributed by atoms with Crippen LogP contribution in [0.1, 0.15) is 29.5 Å². The number of pyridine rings is 1. The Hall–Kier alpha value is -2.40. The van der Waals surface area contributed by atoms with E-state index in [-0.39, 0.29) is 5.91 Å². The zero-order chi connectivity index (χ0) is 16.9. The van der Waals surface area contributed by atoms with Gasteiger partial charge in [-0.15, -0.1) is 0 Å². The molecule has 0 spiro atoms. The lowest BCUT2D eigenvalue weighted by Crippen LogP contribution is -2.26. The Balaban J connectivity index is 1.68. The van der Waals surface area contributed by atoms with Crippen LogP contribution in [0, 0.1) is 0 Å². The van der Waals surface area contributed by atoms with E-state index in [2.05, 4.69) is 26.8 Å². The van der Waals surface area contributed by atoms with Crippen LogP contribution in [0.3, 0.4) is 0 Å². The maximum atomic E-state index is 12.1. The first-order valence-electron chi connectivity index (χ1n) is 8.03. The van der Waals surface area contributed by atoms with Gasteiger partial charge in [0.25, 0.3) is 5.91 Å². The van der Waals surface area contributed by atoms with Gasteiger partial charge >= 0.3 is 0 Å². The number of rotatable bonds is 6. The summed E-state index contributed by atoms with van der Waals surface area (Å²) in [4.78, 5) is 21.2. The summed E-state index contributed by atoms with van der Waals surface area (Å²) in [7, 11) is 0. The monoisotopic (exact) mass is 342 g/mol. The summed E-state index contributed by atoms with van der Waals surface area (Å²) in [6, 6.07) is 10.7. The lowest BCUT2D eigenvalue weighted by atomic mass is 10.2. The largest absolute Gasteiger partial charge is 0.352 e. The van der Waals surface area contributed by atoms with Crippen LogP contribution in [0.2, 0.25) is 5.02 Å². The highest BCUT2D eigenvalue weighted by molar-refractivity contribution is 6.30. The maximum Gasteiger partial charge on any atom is 0.251 e. The second-order valence-corrected chi connectivity index (χ2v) is 5.98. The molecule has 0 radical (unpaired) electrons. The number of halogens is 1. The van der Waals surface area contributed by atoms with Gasteiger partial charge in [0.05, 0.1) is 0 Å². The molecule has 5 nitrogen and oxygen atoms in total. The van der Waals surface area contributed by atoms with Crippen LogP contribution < -0.4 is 5.32 Å². The molecule has 0 fully saturated rings. The fourth-order valence-corrected chi connectivity index (χ4v) is 2.77. The van der Waals surface area contributed by atoms with Crippen molar-refractivity contribution in [1.29, 1.82) is 0 Å². The van der Waals surface area contributed by atoms with Gasteiger partial charge in [-0.3, -0.25) is 4.79 Å². The number of nitrogens with one attached hydrogen (secondary N) is 1. The fourth-order valence-electron chi connectivity index (χ4n) is 2.65. The molecule has 6 heteroatoms. The van der Waals surface area contributed by atoms with E-state index in [1.807, 2.05) is 12.1 Å². The van der Waals surface area contributed by atoms with Gasteiger partial charge in [0, 0.05) is 36.3 Å². The molecule has 0 saturated heterocycles. The van der Waals surface area contributed by atoms with Crippen molar-refractivity contribution in [2.75, 3.05) is 6.54 Å². The summed E-state index contributed by atoms with van der Waals surface area (Å²) in [5.41, 5.74) is 2.39. The van der Waals surface area contributed by atoms with Gasteiger partial charge in [-0.2, -0.15) is 0 Å². The summed E-state index contributed by atoms with van der Waals surface area (Å²) in [5.74, 6) is 0.838. The van der Waals surface area contributed by atoms with Crippen LogP contribution in [-0.2, 0) is 13.0 Å². The second-order valence-electron chi connectivity index (χ2n) is 5.54.